The van der Waals surface area contributed by atoms with Crippen molar-refractivity contribution in [1.29, 1.82) is 5.26 Å². The maximum Gasteiger partial charge on any atom is 0.323 e. The number of hydrogen-bond acceptors (Lipinski definition) is 2. The summed E-state index contributed by atoms with van der Waals surface area (Å²) in [6, 6.07) is 13.5. The SMILES string of the molecule is CC(C)(C#N)c1cccc(Cl)c1-c1ccc2[nH]c(=O)[nH]c2c1. The lowest BCUT2D eigenvalue weighted by Gasteiger charge is -2.21. The van der Waals surface area contributed by atoms with E-state index < -0.39 is 5.41 Å². The molecule has 2 N–H and O–H groups in total. The first-order valence-corrected chi connectivity index (χ1v) is 7.23. The zero-order chi connectivity index (χ0) is 15.9. The van der Waals surface area contributed by atoms with Crippen LogP contribution in [-0.4, -0.2) is 9.97 Å². The van der Waals surface area contributed by atoms with Crippen molar-refractivity contribution in [2.24, 2.45) is 0 Å². The van der Waals surface area contributed by atoms with Gasteiger partial charge in [-0.05, 0) is 43.2 Å². The number of aromatic nitrogens is 2. The van der Waals surface area contributed by atoms with Gasteiger partial charge in [-0.3, -0.25) is 0 Å². The number of aromatic amines is 2. The molecule has 0 aliphatic rings. The molecule has 0 aliphatic heterocycles. The molecule has 1 heterocycles. The molecule has 0 amide bonds. The van der Waals surface area contributed by atoms with Gasteiger partial charge in [0.1, 0.15) is 0 Å². The number of hydrogen-bond donors (Lipinski definition) is 2. The van der Waals surface area contributed by atoms with Crippen molar-refractivity contribution in [2.45, 2.75) is 19.3 Å². The number of halogens is 1. The van der Waals surface area contributed by atoms with E-state index in [0.717, 1.165) is 22.2 Å². The smallest absolute Gasteiger partial charge is 0.306 e. The molecular weight excluding hydrogens is 298 g/mol. The van der Waals surface area contributed by atoms with Gasteiger partial charge in [0, 0.05) is 10.6 Å². The summed E-state index contributed by atoms with van der Waals surface area (Å²) in [5, 5.41) is 10.0. The van der Waals surface area contributed by atoms with Crippen LogP contribution >= 0.6 is 11.6 Å². The third-order valence-electron chi connectivity index (χ3n) is 3.77. The molecule has 0 aliphatic carbocycles. The monoisotopic (exact) mass is 311 g/mol. The third kappa shape index (κ3) is 2.30. The lowest BCUT2D eigenvalue weighted by atomic mass is 9.81. The lowest BCUT2D eigenvalue weighted by Crippen LogP contribution is -2.15. The predicted molar refractivity (Wildman–Crippen MR) is 88.0 cm³/mol. The molecular formula is C17H14ClN3O. The highest BCUT2D eigenvalue weighted by Gasteiger charge is 2.25. The molecule has 0 unspecified atom stereocenters. The molecule has 0 bridgehead atoms. The van der Waals surface area contributed by atoms with Crippen LogP contribution in [0.25, 0.3) is 22.2 Å². The second kappa shape index (κ2) is 5.04. The Kier molecular flexibility index (Phi) is 3.31. The van der Waals surface area contributed by atoms with Crippen LogP contribution in [-0.2, 0) is 5.41 Å². The van der Waals surface area contributed by atoms with Crippen molar-refractivity contribution in [3.8, 4) is 17.2 Å². The summed E-state index contributed by atoms with van der Waals surface area (Å²) in [4.78, 5) is 16.8. The van der Waals surface area contributed by atoms with Crippen molar-refractivity contribution < 1.29 is 0 Å². The largest absolute Gasteiger partial charge is 0.323 e. The van der Waals surface area contributed by atoms with E-state index in [1.807, 2.05) is 44.2 Å². The molecule has 4 nitrogen and oxygen atoms in total. The summed E-state index contributed by atoms with van der Waals surface area (Å²) in [6.07, 6.45) is 0. The van der Waals surface area contributed by atoms with Gasteiger partial charge in [-0.1, -0.05) is 29.8 Å². The van der Waals surface area contributed by atoms with Crippen molar-refractivity contribution in [2.75, 3.05) is 0 Å². The molecule has 0 saturated carbocycles. The van der Waals surface area contributed by atoms with Gasteiger partial charge < -0.3 is 9.97 Å². The van der Waals surface area contributed by atoms with Crippen LogP contribution in [0, 0.1) is 11.3 Å². The Hall–Kier alpha value is -2.51. The highest BCUT2D eigenvalue weighted by atomic mass is 35.5. The minimum absolute atomic E-state index is 0.246. The van der Waals surface area contributed by atoms with Gasteiger partial charge in [-0.2, -0.15) is 5.26 Å². The minimum atomic E-state index is -0.666. The van der Waals surface area contributed by atoms with Crippen LogP contribution in [0.15, 0.2) is 41.2 Å². The third-order valence-corrected chi connectivity index (χ3v) is 4.09. The average Bonchev–Trinajstić information content (AvgIpc) is 2.86. The summed E-state index contributed by atoms with van der Waals surface area (Å²) in [5.41, 5.74) is 3.08. The Morgan fingerprint density at radius 1 is 1.14 bits per heavy atom. The molecule has 1 aromatic heterocycles. The number of rotatable bonds is 2. The fourth-order valence-corrected chi connectivity index (χ4v) is 2.87. The number of nitriles is 1. The number of fused-ring (bicyclic) bond motifs is 1. The maximum atomic E-state index is 11.4. The second-order valence-corrected chi connectivity index (χ2v) is 6.15. The Bertz CT molecular complexity index is 960. The van der Waals surface area contributed by atoms with Crippen molar-refractivity contribution in [1.82, 2.24) is 9.97 Å². The summed E-state index contributed by atoms with van der Waals surface area (Å²) >= 11 is 6.39. The van der Waals surface area contributed by atoms with E-state index in [1.54, 1.807) is 6.07 Å². The van der Waals surface area contributed by atoms with Gasteiger partial charge in [0.25, 0.3) is 0 Å². The van der Waals surface area contributed by atoms with Gasteiger partial charge in [-0.25, -0.2) is 4.79 Å². The lowest BCUT2D eigenvalue weighted by molar-refractivity contribution is 0.689. The number of H-pyrrole nitrogens is 2. The Morgan fingerprint density at radius 2 is 1.86 bits per heavy atom. The van der Waals surface area contributed by atoms with Crippen molar-refractivity contribution >= 4 is 22.6 Å². The molecule has 2 aromatic carbocycles. The van der Waals surface area contributed by atoms with Crippen LogP contribution in [0.1, 0.15) is 19.4 Å². The van der Waals surface area contributed by atoms with Gasteiger partial charge >= 0.3 is 5.69 Å². The van der Waals surface area contributed by atoms with E-state index in [4.69, 9.17) is 11.6 Å². The van der Waals surface area contributed by atoms with Crippen LogP contribution in [0.2, 0.25) is 5.02 Å². The summed E-state index contributed by atoms with van der Waals surface area (Å²) in [7, 11) is 0. The molecule has 22 heavy (non-hydrogen) atoms. The minimum Gasteiger partial charge on any atom is -0.306 e. The summed E-state index contributed by atoms with van der Waals surface area (Å²) < 4.78 is 0. The van der Waals surface area contributed by atoms with Crippen molar-refractivity contribution in [3.63, 3.8) is 0 Å². The predicted octanol–water partition coefficient (Wildman–Crippen LogP) is 3.98. The molecule has 110 valence electrons. The molecule has 5 heteroatoms. The number of nitrogens with zero attached hydrogens (tertiary/aromatic N) is 1. The fourth-order valence-electron chi connectivity index (χ4n) is 2.59. The Labute approximate surface area is 132 Å². The van der Waals surface area contributed by atoms with Crippen LogP contribution in [0.3, 0.4) is 0 Å². The van der Waals surface area contributed by atoms with E-state index in [0.29, 0.717) is 10.5 Å². The molecule has 0 radical (unpaired) electrons. The Morgan fingerprint density at radius 3 is 2.59 bits per heavy atom. The number of nitrogens with one attached hydrogen (secondary N) is 2. The molecule has 3 rings (SSSR count). The molecule has 0 atom stereocenters. The summed E-state index contributed by atoms with van der Waals surface area (Å²) in [6.45, 7) is 3.72. The van der Waals surface area contributed by atoms with Gasteiger partial charge in [0.05, 0.1) is 22.5 Å². The fraction of sp³-hybridized carbons (Fsp3) is 0.176. The first kappa shape index (κ1) is 14.4. The van der Waals surface area contributed by atoms with E-state index in [9.17, 15) is 10.1 Å². The molecule has 3 aromatic rings. The number of benzene rings is 2. The standard InChI is InChI=1S/C17H14ClN3O/c1-17(2,9-19)11-4-3-5-12(18)15(11)10-6-7-13-14(8-10)21-16(22)20-13/h3-8H,1-2H3,(H2,20,21,22). The zero-order valence-electron chi connectivity index (χ0n) is 12.2. The van der Waals surface area contributed by atoms with Gasteiger partial charge in [-0.15, -0.1) is 0 Å². The first-order chi connectivity index (χ1) is 10.4. The topological polar surface area (TPSA) is 72.4 Å². The van der Waals surface area contributed by atoms with Gasteiger partial charge in [0.2, 0.25) is 0 Å². The van der Waals surface area contributed by atoms with E-state index in [2.05, 4.69) is 16.0 Å². The number of imidazole rings is 1. The van der Waals surface area contributed by atoms with Crippen LogP contribution in [0.4, 0.5) is 0 Å². The quantitative estimate of drug-likeness (QED) is 0.751. The zero-order valence-corrected chi connectivity index (χ0v) is 13.0. The molecule has 0 spiro atoms. The van der Waals surface area contributed by atoms with E-state index >= 15 is 0 Å². The van der Waals surface area contributed by atoms with Gasteiger partial charge in [0.15, 0.2) is 0 Å². The highest BCUT2D eigenvalue weighted by molar-refractivity contribution is 6.33. The van der Waals surface area contributed by atoms with Crippen LogP contribution in [0.5, 0.6) is 0 Å². The summed E-state index contributed by atoms with van der Waals surface area (Å²) in [5.74, 6) is 0. The van der Waals surface area contributed by atoms with E-state index in [1.165, 1.54) is 0 Å². The van der Waals surface area contributed by atoms with Crippen molar-refractivity contribution in [3.05, 3.63) is 57.5 Å². The normalized spacial score (nSPS) is 11.5. The second-order valence-electron chi connectivity index (χ2n) is 5.74. The first-order valence-electron chi connectivity index (χ1n) is 6.85. The molecule has 0 fully saturated rings. The molecule has 0 saturated heterocycles. The maximum absolute atomic E-state index is 11.4. The highest BCUT2D eigenvalue weighted by Crippen LogP contribution is 2.38. The van der Waals surface area contributed by atoms with E-state index in [-0.39, 0.29) is 5.69 Å². The average molecular weight is 312 g/mol. The van der Waals surface area contributed by atoms with Crippen LogP contribution < -0.4 is 5.69 Å². The Balaban J connectivity index is 2.30.